The van der Waals surface area contributed by atoms with E-state index in [-0.39, 0.29) is 5.91 Å². The lowest BCUT2D eigenvalue weighted by Gasteiger charge is -2.22. The average Bonchev–Trinajstić information content (AvgIpc) is 2.53. The first-order chi connectivity index (χ1) is 10.1. The molecule has 0 saturated heterocycles. The van der Waals surface area contributed by atoms with E-state index < -0.39 is 6.04 Å². The lowest BCUT2D eigenvalue weighted by atomic mass is 10.1. The molecule has 2 aromatic rings. The van der Waals surface area contributed by atoms with Gasteiger partial charge in [0.2, 0.25) is 5.91 Å². The number of amides is 1. The Morgan fingerprint density at radius 2 is 2.19 bits per heavy atom. The van der Waals surface area contributed by atoms with Gasteiger partial charge in [0.1, 0.15) is 12.1 Å². The molecule has 0 bridgehead atoms. The van der Waals surface area contributed by atoms with Gasteiger partial charge in [-0.25, -0.2) is 0 Å². The Labute approximate surface area is 124 Å². The quantitative estimate of drug-likeness (QED) is 0.934. The van der Waals surface area contributed by atoms with Gasteiger partial charge in [0.05, 0.1) is 16.8 Å². The fourth-order valence-electron chi connectivity index (χ4n) is 2.15. The maximum Gasteiger partial charge on any atom is 0.244 e. The Kier molecular flexibility index (Phi) is 4.39. The average molecular weight is 282 g/mol. The summed E-state index contributed by atoms with van der Waals surface area (Å²) in [5.74, 6) is -0.0118. The van der Waals surface area contributed by atoms with Crippen LogP contribution in [0, 0.1) is 11.3 Å². The molecule has 0 spiro atoms. The molecule has 0 aliphatic carbocycles. The minimum absolute atomic E-state index is 0.0118. The van der Waals surface area contributed by atoms with Gasteiger partial charge in [-0.05, 0) is 19.9 Å². The molecule has 1 heterocycles. The van der Waals surface area contributed by atoms with Gasteiger partial charge < -0.3 is 10.2 Å². The summed E-state index contributed by atoms with van der Waals surface area (Å²) in [7, 11) is 1.76. The Morgan fingerprint density at radius 1 is 1.48 bits per heavy atom. The first kappa shape index (κ1) is 14.8. The van der Waals surface area contributed by atoms with E-state index in [4.69, 9.17) is 0 Å². The smallest absolute Gasteiger partial charge is 0.244 e. The van der Waals surface area contributed by atoms with Gasteiger partial charge in [0, 0.05) is 25.2 Å². The number of anilines is 1. The van der Waals surface area contributed by atoms with Crippen molar-refractivity contribution in [2.75, 3.05) is 18.9 Å². The zero-order valence-corrected chi connectivity index (χ0v) is 12.4. The Morgan fingerprint density at radius 3 is 2.86 bits per heavy atom. The highest BCUT2D eigenvalue weighted by atomic mass is 16.2. The molecule has 0 saturated carbocycles. The van der Waals surface area contributed by atoms with Crippen molar-refractivity contribution < 1.29 is 4.79 Å². The van der Waals surface area contributed by atoms with E-state index >= 15 is 0 Å². The molecule has 5 nitrogen and oxygen atoms in total. The molecule has 1 aromatic carbocycles. The number of aromatic nitrogens is 1. The van der Waals surface area contributed by atoms with Crippen molar-refractivity contribution in [1.82, 2.24) is 9.88 Å². The van der Waals surface area contributed by atoms with Crippen LogP contribution in [0.25, 0.3) is 10.9 Å². The van der Waals surface area contributed by atoms with Crippen molar-refractivity contribution in [3.8, 4) is 6.07 Å². The van der Waals surface area contributed by atoms with Crippen molar-refractivity contribution in [1.29, 1.82) is 5.26 Å². The van der Waals surface area contributed by atoms with Crippen molar-refractivity contribution in [3.63, 3.8) is 0 Å². The van der Waals surface area contributed by atoms with E-state index in [9.17, 15) is 10.1 Å². The zero-order chi connectivity index (χ0) is 15.4. The molecule has 1 aromatic heterocycles. The number of nitrogens with one attached hydrogen (secondary N) is 1. The molecule has 1 unspecified atom stereocenters. The van der Waals surface area contributed by atoms with Crippen molar-refractivity contribution in [2.45, 2.75) is 19.9 Å². The van der Waals surface area contributed by atoms with E-state index in [0.29, 0.717) is 17.8 Å². The van der Waals surface area contributed by atoms with E-state index in [0.717, 1.165) is 10.9 Å². The number of benzene rings is 1. The Balaban J connectivity index is 2.41. The first-order valence-corrected chi connectivity index (χ1v) is 6.87. The molecule has 0 aliphatic rings. The molecule has 1 amide bonds. The minimum Gasteiger partial charge on any atom is -0.372 e. The van der Waals surface area contributed by atoms with Crippen LogP contribution < -0.4 is 5.32 Å². The number of hydrogen-bond acceptors (Lipinski definition) is 4. The summed E-state index contributed by atoms with van der Waals surface area (Å²) in [6, 6.07) is 9.28. The molecule has 0 aliphatic heterocycles. The second kappa shape index (κ2) is 6.23. The minimum atomic E-state index is -0.409. The van der Waals surface area contributed by atoms with Gasteiger partial charge in [-0.15, -0.1) is 0 Å². The Bertz CT molecular complexity index is 705. The molecule has 0 fully saturated rings. The largest absolute Gasteiger partial charge is 0.372 e. The highest BCUT2D eigenvalue weighted by molar-refractivity contribution is 5.96. The summed E-state index contributed by atoms with van der Waals surface area (Å²) in [6.07, 6.45) is 1.53. The molecule has 21 heavy (non-hydrogen) atoms. The van der Waals surface area contributed by atoms with Crippen LogP contribution in [0.1, 0.15) is 19.4 Å². The van der Waals surface area contributed by atoms with Gasteiger partial charge in [-0.3, -0.25) is 9.78 Å². The first-order valence-electron chi connectivity index (χ1n) is 6.87. The monoisotopic (exact) mass is 282 g/mol. The number of para-hydroxylation sites is 1. The summed E-state index contributed by atoms with van der Waals surface area (Å²) in [4.78, 5) is 18.1. The van der Waals surface area contributed by atoms with Crippen LogP contribution in [0.2, 0.25) is 0 Å². The summed E-state index contributed by atoms with van der Waals surface area (Å²) in [5.41, 5.74) is 1.89. The summed E-state index contributed by atoms with van der Waals surface area (Å²) in [5, 5.41) is 13.3. The van der Waals surface area contributed by atoms with Crippen LogP contribution in [-0.2, 0) is 4.79 Å². The highest BCUT2D eigenvalue weighted by Gasteiger charge is 2.18. The fraction of sp³-hybridized carbons (Fsp3) is 0.312. The van der Waals surface area contributed by atoms with Crippen molar-refractivity contribution >= 4 is 22.5 Å². The second-order valence-electron chi connectivity index (χ2n) is 4.89. The number of carbonyl (C=O) groups excluding carboxylic acids is 1. The normalized spacial score (nSPS) is 11.7. The van der Waals surface area contributed by atoms with E-state index in [1.54, 1.807) is 18.9 Å². The number of hydrogen-bond donors (Lipinski definition) is 1. The van der Waals surface area contributed by atoms with E-state index in [1.165, 1.54) is 6.20 Å². The molecule has 108 valence electrons. The van der Waals surface area contributed by atoms with Gasteiger partial charge in [-0.1, -0.05) is 18.2 Å². The maximum atomic E-state index is 12.2. The number of likely N-dealkylation sites (N-methyl/N-ethyl adjacent to an activating group) is 1. The SMILES string of the molecule is CCN(C)C(=O)C(C)Nc1c(C#N)cnc2ccccc12. The van der Waals surface area contributed by atoms with Crippen LogP contribution >= 0.6 is 0 Å². The topological polar surface area (TPSA) is 69.0 Å². The lowest BCUT2D eigenvalue weighted by molar-refractivity contribution is -0.130. The molecule has 2 rings (SSSR count). The number of fused-ring (bicyclic) bond motifs is 1. The molecular formula is C16H18N4O. The third-order valence-corrected chi connectivity index (χ3v) is 3.48. The van der Waals surface area contributed by atoms with Crippen LogP contribution in [-0.4, -0.2) is 35.4 Å². The molecule has 1 N–H and O–H groups in total. The van der Waals surface area contributed by atoms with Gasteiger partial charge in [-0.2, -0.15) is 5.26 Å². The molecule has 5 heteroatoms. The second-order valence-corrected chi connectivity index (χ2v) is 4.89. The highest BCUT2D eigenvalue weighted by Crippen LogP contribution is 2.26. The summed E-state index contributed by atoms with van der Waals surface area (Å²) >= 11 is 0. The molecule has 1 atom stereocenters. The van der Waals surface area contributed by atoms with Crippen LogP contribution in [0.15, 0.2) is 30.5 Å². The van der Waals surface area contributed by atoms with E-state index in [1.807, 2.05) is 31.2 Å². The predicted molar refractivity (Wildman–Crippen MR) is 82.9 cm³/mol. The fourth-order valence-corrected chi connectivity index (χ4v) is 2.15. The van der Waals surface area contributed by atoms with Crippen LogP contribution in [0.3, 0.4) is 0 Å². The van der Waals surface area contributed by atoms with Crippen LogP contribution in [0.4, 0.5) is 5.69 Å². The lowest BCUT2D eigenvalue weighted by Crippen LogP contribution is -2.39. The molecular weight excluding hydrogens is 264 g/mol. The summed E-state index contributed by atoms with van der Waals surface area (Å²) in [6.45, 7) is 4.37. The van der Waals surface area contributed by atoms with Gasteiger partial charge in [0.15, 0.2) is 0 Å². The van der Waals surface area contributed by atoms with Gasteiger partial charge in [0.25, 0.3) is 0 Å². The number of carbonyl (C=O) groups is 1. The Hall–Kier alpha value is -2.61. The van der Waals surface area contributed by atoms with E-state index in [2.05, 4.69) is 16.4 Å². The van der Waals surface area contributed by atoms with Crippen molar-refractivity contribution in [2.24, 2.45) is 0 Å². The van der Waals surface area contributed by atoms with Gasteiger partial charge >= 0.3 is 0 Å². The third kappa shape index (κ3) is 2.95. The zero-order valence-electron chi connectivity index (χ0n) is 12.4. The maximum absolute atomic E-state index is 12.2. The summed E-state index contributed by atoms with van der Waals surface area (Å²) < 4.78 is 0. The number of pyridine rings is 1. The standard InChI is InChI=1S/C16H18N4O/c1-4-20(3)16(21)11(2)19-15-12(9-17)10-18-14-8-6-5-7-13(14)15/h5-8,10-11H,4H2,1-3H3,(H,18,19). The third-order valence-electron chi connectivity index (χ3n) is 3.48. The number of nitrogens with zero attached hydrogens (tertiary/aromatic N) is 3. The molecule has 0 radical (unpaired) electrons. The predicted octanol–water partition coefficient (Wildman–Crippen LogP) is 2.39. The number of nitriles is 1. The van der Waals surface area contributed by atoms with Crippen molar-refractivity contribution in [3.05, 3.63) is 36.0 Å². The van der Waals surface area contributed by atoms with Crippen LogP contribution in [0.5, 0.6) is 0 Å². The number of rotatable bonds is 4.